The summed E-state index contributed by atoms with van der Waals surface area (Å²) < 4.78 is 26.8. The van der Waals surface area contributed by atoms with Gasteiger partial charge in [-0.2, -0.15) is 0 Å². The van der Waals surface area contributed by atoms with Gasteiger partial charge in [0.15, 0.2) is 0 Å². The topological polar surface area (TPSA) is 78.5 Å². The molecule has 0 spiro atoms. The Morgan fingerprint density at radius 2 is 1.80 bits per heavy atom. The fourth-order valence-corrected chi connectivity index (χ4v) is 4.90. The van der Waals surface area contributed by atoms with Crippen molar-refractivity contribution in [3.63, 3.8) is 0 Å². The summed E-state index contributed by atoms with van der Waals surface area (Å²) in [4.78, 5) is 14.7. The second-order valence-electron chi connectivity index (χ2n) is 7.32. The van der Waals surface area contributed by atoms with Crippen LogP contribution in [0.2, 0.25) is 0 Å². The molecular weight excluding hydrogens is 338 g/mol. The first kappa shape index (κ1) is 18.2. The van der Waals surface area contributed by atoms with Crippen LogP contribution in [0, 0.1) is 5.92 Å². The van der Waals surface area contributed by atoms with E-state index in [2.05, 4.69) is 10.0 Å². The van der Waals surface area contributed by atoms with Gasteiger partial charge in [-0.1, -0.05) is 6.42 Å². The fourth-order valence-electron chi connectivity index (χ4n) is 3.65. The van der Waals surface area contributed by atoms with E-state index in [0.717, 1.165) is 19.4 Å². The predicted octanol–water partition coefficient (Wildman–Crippen LogP) is 3.17. The van der Waals surface area contributed by atoms with Gasteiger partial charge in [-0.3, -0.25) is 0 Å². The number of hydrogen-bond donors (Lipinski definition) is 2. The summed E-state index contributed by atoms with van der Waals surface area (Å²) in [5.41, 5.74) is 0.618. The van der Waals surface area contributed by atoms with Gasteiger partial charge in [0, 0.05) is 24.3 Å². The number of sulfonamides is 1. The number of anilines is 1. The molecule has 2 N–H and O–H groups in total. The van der Waals surface area contributed by atoms with Crippen molar-refractivity contribution in [1.82, 2.24) is 9.62 Å². The summed E-state index contributed by atoms with van der Waals surface area (Å²) >= 11 is 0. The zero-order chi connectivity index (χ0) is 18.0. The number of hydrogen-bond acceptors (Lipinski definition) is 3. The normalized spacial score (nSPS) is 21.4. The number of amides is 2. The summed E-state index contributed by atoms with van der Waals surface area (Å²) in [6.45, 7) is 4.36. The van der Waals surface area contributed by atoms with Crippen molar-refractivity contribution in [2.24, 2.45) is 5.92 Å². The maximum absolute atomic E-state index is 12.6. The van der Waals surface area contributed by atoms with E-state index in [1.807, 2.05) is 4.90 Å². The Labute approximate surface area is 150 Å². The van der Waals surface area contributed by atoms with Crippen molar-refractivity contribution in [1.29, 1.82) is 0 Å². The molecular formula is C18H27N3O3S. The minimum atomic E-state index is -3.51. The van der Waals surface area contributed by atoms with Crippen LogP contribution in [0.25, 0.3) is 0 Å². The highest BCUT2D eigenvalue weighted by Gasteiger charge is 2.37. The fraction of sp³-hybridized carbons (Fsp3) is 0.611. The Bertz CT molecular complexity index is 712. The number of rotatable bonds is 5. The van der Waals surface area contributed by atoms with E-state index in [1.54, 1.807) is 26.0 Å². The second kappa shape index (κ2) is 7.33. The third-order valence-corrected chi connectivity index (χ3v) is 6.74. The third-order valence-electron chi connectivity index (χ3n) is 5.06. The van der Waals surface area contributed by atoms with E-state index in [0.29, 0.717) is 17.6 Å². The molecule has 2 amide bonds. The molecule has 1 aromatic rings. The van der Waals surface area contributed by atoms with Crippen molar-refractivity contribution >= 4 is 21.7 Å². The molecule has 1 aliphatic heterocycles. The number of nitrogens with zero attached hydrogens (tertiary/aromatic N) is 1. The number of nitrogens with one attached hydrogen (secondary N) is 2. The van der Waals surface area contributed by atoms with Crippen molar-refractivity contribution in [3.05, 3.63) is 24.3 Å². The van der Waals surface area contributed by atoms with Gasteiger partial charge in [-0.05, 0) is 69.7 Å². The van der Waals surface area contributed by atoms with Crippen LogP contribution < -0.4 is 10.0 Å². The van der Waals surface area contributed by atoms with Crippen molar-refractivity contribution < 1.29 is 13.2 Å². The highest BCUT2D eigenvalue weighted by molar-refractivity contribution is 7.89. The van der Waals surface area contributed by atoms with Gasteiger partial charge < -0.3 is 10.2 Å². The first-order valence-electron chi connectivity index (χ1n) is 9.07. The minimum Gasteiger partial charge on any atom is -0.321 e. The molecule has 1 saturated carbocycles. The first-order valence-corrected chi connectivity index (χ1v) is 10.5. The Morgan fingerprint density at radius 1 is 1.12 bits per heavy atom. The highest BCUT2D eigenvalue weighted by atomic mass is 32.2. The smallest absolute Gasteiger partial charge is 0.321 e. The summed E-state index contributed by atoms with van der Waals surface area (Å²) in [6.07, 6.45) is 5.88. The van der Waals surface area contributed by atoms with Crippen LogP contribution in [0.1, 0.15) is 46.0 Å². The summed E-state index contributed by atoms with van der Waals surface area (Å²) in [6, 6.07) is 6.45. The minimum absolute atomic E-state index is 0.0784. The lowest BCUT2D eigenvalue weighted by Crippen LogP contribution is -2.44. The molecule has 0 radical (unpaired) electrons. The quantitative estimate of drug-likeness (QED) is 0.841. The van der Waals surface area contributed by atoms with E-state index >= 15 is 0 Å². The van der Waals surface area contributed by atoms with Crippen LogP contribution in [0.4, 0.5) is 10.5 Å². The average Bonchev–Trinajstić information content (AvgIpc) is 2.93. The largest absolute Gasteiger partial charge is 0.322 e. The molecule has 25 heavy (non-hydrogen) atoms. The van der Waals surface area contributed by atoms with Crippen molar-refractivity contribution in [3.8, 4) is 0 Å². The first-order chi connectivity index (χ1) is 11.9. The highest BCUT2D eigenvalue weighted by Crippen LogP contribution is 2.37. The van der Waals surface area contributed by atoms with Crippen LogP contribution in [0.3, 0.4) is 0 Å². The molecule has 0 bridgehead atoms. The molecule has 7 heteroatoms. The molecule has 1 aliphatic carbocycles. The average molecular weight is 365 g/mol. The summed E-state index contributed by atoms with van der Waals surface area (Å²) in [5.74, 6) is 0.655. The van der Waals surface area contributed by atoms with E-state index in [1.165, 1.54) is 31.4 Å². The SMILES string of the molecule is CC(C)NS(=O)(=O)c1ccc(NC(=O)N2CCCC2C2CCC2)cc1. The van der Waals surface area contributed by atoms with E-state index in [4.69, 9.17) is 0 Å². The Hall–Kier alpha value is -1.60. The van der Waals surface area contributed by atoms with Crippen LogP contribution in [-0.4, -0.2) is 38.0 Å². The maximum Gasteiger partial charge on any atom is 0.322 e. The predicted molar refractivity (Wildman–Crippen MR) is 98.0 cm³/mol. The molecule has 6 nitrogen and oxygen atoms in total. The Balaban J connectivity index is 1.64. The maximum atomic E-state index is 12.6. The van der Waals surface area contributed by atoms with E-state index in [9.17, 15) is 13.2 Å². The number of carbonyl (C=O) groups excluding carboxylic acids is 1. The van der Waals surface area contributed by atoms with Gasteiger partial charge in [-0.25, -0.2) is 17.9 Å². The third kappa shape index (κ3) is 4.15. The lowest BCUT2D eigenvalue weighted by molar-refractivity contribution is 0.148. The molecule has 2 fully saturated rings. The van der Waals surface area contributed by atoms with E-state index in [-0.39, 0.29) is 17.0 Å². The van der Waals surface area contributed by atoms with Crippen LogP contribution in [0.5, 0.6) is 0 Å². The molecule has 3 rings (SSSR count). The zero-order valence-electron chi connectivity index (χ0n) is 14.9. The molecule has 0 aromatic heterocycles. The Kier molecular flexibility index (Phi) is 5.34. The molecule has 1 atom stereocenters. The van der Waals surface area contributed by atoms with Gasteiger partial charge in [-0.15, -0.1) is 0 Å². The summed E-state index contributed by atoms with van der Waals surface area (Å²) in [5, 5.41) is 2.91. The zero-order valence-corrected chi connectivity index (χ0v) is 15.7. The lowest BCUT2D eigenvalue weighted by Gasteiger charge is -2.36. The lowest BCUT2D eigenvalue weighted by atomic mass is 9.79. The second-order valence-corrected chi connectivity index (χ2v) is 9.04. The van der Waals surface area contributed by atoms with Gasteiger partial charge in [0.25, 0.3) is 0 Å². The molecule has 1 saturated heterocycles. The molecule has 2 aliphatic rings. The molecule has 1 aromatic carbocycles. The van der Waals surface area contributed by atoms with Crippen molar-refractivity contribution in [2.75, 3.05) is 11.9 Å². The Morgan fingerprint density at radius 3 is 2.36 bits per heavy atom. The van der Waals surface area contributed by atoms with E-state index < -0.39 is 10.0 Å². The van der Waals surface area contributed by atoms with Crippen LogP contribution in [0.15, 0.2) is 29.2 Å². The van der Waals surface area contributed by atoms with Gasteiger partial charge in [0.05, 0.1) is 4.90 Å². The molecule has 1 heterocycles. The van der Waals surface area contributed by atoms with Crippen LogP contribution in [-0.2, 0) is 10.0 Å². The molecule has 1 unspecified atom stereocenters. The van der Waals surface area contributed by atoms with Gasteiger partial charge in [0.2, 0.25) is 10.0 Å². The van der Waals surface area contributed by atoms with Gasteiger partial charge in [0.1, 0.15) is 0 Å². The monoisotopic (exact) mass is 365 g/mol. The number of carbonyl (C=O) groups is 1. The number of urea groups is 1. The van der Waals surface area contributed by atoms with Gasteiger partial charge >= 0.3 is 6.03 Å². The van der Waals surface area contributed by atoms with Crippen LogP contribution >= 0.6 is 0 Å². The van der Waals surface area contributed by atoms with Crippen molar-refractivity contribution in [2.45, 2.75) is 62.9 Å². The standard InChI is InChI=1S/C18H27N3O3S/c1-13(2)20-25(23,24)16-10-8-15(9-11-16)19-18(22)21-12-4-7-17(21)14-5-3-6-14/h8-11,13-14,17,20H,3-7,12H2,1-2H3,(H,19,22). The summed E-state index contributed by atoms with van der Waals surface area (Å²) in [7, 11) is -3.51. The molecule has 138 valence electrons. The number of benzene rings is 1. The number of likely N-dealkylation sites (tertiary alicyclic amines) is 1.